The van der Waals surface area contributed by atoms with Gasteiger partial charge in [-0.2, -0.15) is 0 Å². The molecule has 0 aromatic heterocycles. The molecule has 2 atom stereocenters. The molecule has 2 aliphatic rings. The monoisotopic (exact) mass is 391 g/mol. The number of likely N-dealkylation sites (tertiary alicyclic amines) is 1. The van der Waals surface area contributed by atoms with E-state index < -0.39 is 31.0 Å². The fourth-order valence-electron chi connectivity index (χ4n) is 3.59. The van der Waals surface area contributed by atoms with E-state index in [9.17, 15) is 16.8 Å². The summed E-state index contributed by atoms with van der Waals surface area (Å²) in [5.41, 5.74) is 0. The van der Waals surface area contributed by atoms with Crippen molar-refractivity contribution in [3.05, 3.63) is 29.3 Å². The average Bonchev–Trinajstić information content (AvgIpc) is 2.85. The second-order valence-corrected chi connectivity index (χ2v) is 11.7. The van der Waals surface area contributed by atoms with Crippen LogP contribution in [0.25, 0.3) is 0 Å². The van der Waals surface area contributed by atoms with Crippen LogP contribution in [0.4, 0.5) is 0 Å². The Balaban J connectivity index is 1.92. The number of hydrogen-bond donors (Lipinski definition) is 0. The molecule has 0 bridgehead atoms. The summed E-state index contributed by atoms with van der Waals surface area (Å²) in [7, 11) is -7.07. The van der Waals surface area contributed by atoms with Crippen LogP contribution in [0.5, 0.6) is 0 Å². The van der Waals surface area contributed by atoms with Crippen molar-refractivity contribution < 1.29 is 16.8 Å². The molecule has 0 spiro atoms. The zero-order chi connectivity index (χ0) is 17.5. The lowest BCUT2D eigenvalue weighted by atomic mass is 9.98. The van der Waals surface area contributed by atoms with Crippen LogP contribution in [0.3, 0.4) is 0 Å². The highest BCUT2D eigenvalue weighted by Crippen LogP contribution is 2.31. The first-order valence-corrected chi connectivity index (χ1v) is 11.9. The Morgan fingerprint density at radius 1 is 1.08 bits per heavy atom. The second kappa shape index (κ2) is 6.59. The normalized spacial score (nSPS) is 28.9. The Bertz CT molecular complexity index is 797. The molecule has 8 heteroatoms. The summed E-state index contributed by atoms with van der Waals surface area (Å²) in [4.78, 5) is 2.20. The molecule has 1 unspecified atom stereocenters. The van der Waals surface area contributed by atoms with Crippen molar-refractivity contribution in [2.75, 3.05) is 24.6 Å². The quantitative estimate of drug-likeness (QED) is 0.788. The van der Waals surface area contributed by atoms with Gasteiger partial charge in [0.15, 0.2) is 19.7 Å². The predicted molar refractivity (Wildman–Crippen MR) is 94.8 cm³/mol. The summed E-state index contributed by atoms with van der Waals surface area (Å²) in [6.45, 7) is 3.69. The van der Waals surface area contributed by atoms with Crippen molar-refractivity contribution in [1.29, 1.82) is 0 Å². The first kappa shape index (κ1) is 18.2. The van der Waals surface area contributed by atoms with E-state index in [1.165, 1.54) is 24.3 Å². The van der Waals surface area contributed by atoms with Gasteiger partial charge in [0.2, 0.25) is 0 Å². The van der Waals surface area contributed by atoms with Gasteiger partial charge in [-0.05, 0) is 56.1 Å². The van der Waals surface area contributed by atoms with Crippen molar-refractivity contribution in [1.82, 2.24) is 4.90 Å². The maximum atomic E-state index is 13.0. The summed E-state index contributed by atoms with van der Waals surface area (Å²) in [5.74, 6) is 0.235. The third kappa shape index (κ3) is 3.64. The molecule has 2 saturated heterocycles. The molecule has 24 heavy (non-hydrogen) atoms. The third-order valence-electron chi connectivity index (χ3n) is 5.10. The van der Waals surface area contributed by atoms with Gasteiger partial charge in [0.05, 0.1) is 21.7 Å². The van der Waals surface area contributed by atoms with Gasteiger partial charge in [-0.25, -0.2) is 16.8 Å². The smallest absolute Gasteiger partial charge is 0.183 e. The van der Waals surface area contributed by atoms with Gasteiger partial charge in [0, 0.05) is 11.1 Å². The van der Waals surface area contributed by atoms with E-state index in [4.69, 9.17) is 11.6 Å². The summed E-state index contributed by atoms with van der Waals surface area (Å²) >= 11 is 5.83. The standard InChI is InChI=1S/C16H22ClNO4S2/c1-12-6-8-18(9-7-12)15-10-23(19,20)11-16(15)24(21,22)14-4-2-13(17)3-5-14/h2-5,12,15-16H,6-11H2,1H3/t15?,16-/m0/s1. The lowest BCUT2D eigenvalue weighted by molar-refractivity contribution is 0.151. The number of sulfone groups is 2. The molecule has 2 fully saturated rings. The highest BCUT2D eigenvalue weighted by molar-refractivity contribution is 7.96. The molecule has 0 N–H and O–H groups in total. The summed E-state index contributed by atoms with van der Waals surface area (Å²) < 4.78 is 50.4. The fourth-order valence-corrected chi connectivity index (χ4v) is 8.55. The average molecular weight is 392 g/mol. The van der Waals surface area contributed by atoms with Crippen LogP contribution in [0.2, 0.25) is 5.02 Å². The number of hydrogen-bond acceptors (Lipinski definition) is 5. The number of benzene rings is 1. The van der Waals surface area contributed by atoms with Crippen LogP contribution in [-0.2, 0) is 19.7 Å². The van der Waals surface area contributed by atoms with E-state index >= 15 is 0 Å². The SMILES string of the molecule is CC1CCN(C2CS(=O)(=O)C[C@@H]2S(=O)(=O)c2ccc(Cl)cc2)CC1. The fraction of sp³-hybridized carbons (Fsp3) is 0.625. The maximum Gasteiger partial charge on any atom is 0.183 e. The van der Waals surface area contributed by atoms with E-state index in [0.717, 1.165) is 25.9 Å². The molecule has 0 aliphatic carbocycles. The van der Waals surface area contributed by atoms with Gasteiger partial charge in [-0.15, -0.1) is 0 Å². The van der Waals surface area contributed by atoms with E-state index in [1.807, 2.05) is 0 Å². The molecule has 0 amide bonds. The minimum absolute atomic E-state index is 0.0706. The zero-order valence-electron chi connectivity index (χ0n) is 13.6. The number of nitrogens with zero attached hydrogens (tertiary/aromatic N) is 1. The first-order chi connectivity index (χ1) is 11.2. The van der Waals surface area contributed by atoms with Crippen LogP contribution >= 0.6 is 11.6 Å². The van der Waals surface area contributed by atoms with Crippen molar-refractivity contribution in [3.8, 4) is 0 Å². The van der Waals surface area contributed by atoms with E-state index in [1.54, 1.807) is 0 Å². The van der Waals surface area contributed by atoms with E-state index in [2.05, 4.69) is 11.8 Å². The summed E-state index contributed by atoms with van der Waals surface area (Å²) in [6.07, 6.45) is 1.95. The van der Waals surface area contributed by atoms with Crippen molar-refractivity contribution in [3.63, 3.8) is 0 Å². The first-order valence-electron chi connectivity index (χ1n) is 8.13. The van der Waals surface area contributed by atoms with E-state index in [-0.39, 0.29) is 16.4 Å². The Hall–Kier alpha value is -0.630. The molecular weight excluding hydrogens is 370 g/mol. The minimum Gasteiger partial charge on any atom is -0.298 e. The molecule has 0 radical (unpaired) electrons. The van der Waals surface area contributed by atoms with Gasteiger partial charge in [0.25, 0.3) is 0 Å². The van der Waals surface area contributed by atoms with Crippen LogP contribution in [0.15, 0.2) is 29.2 Å². The maximum absolute atomic E-state index is 13.0. The zero-order valence-corrected chi connectivity index (χ0v) is 15.9. The number of halogens is 1. The van der Waals surface area contributed by atoms with Gasteiger partial charge < -0.3 is 0 Å². The molecular formula is C16H22ClNO4S2. The Morgan fingerprint density at radius 2 is 1.67 bits per heavy atom. The molecule has 2 aliphatic heterocycles. The van der Waals surface area contributed by atoms with Crippen molar-refractivity contribution in [2.45, 2.75) is 36.0 Å². The highest BCUT2D eigenvalue weighted by atomic mass is 35.5. The highest BCUT2D eigenvalue weighted by Gasteiger charge is 2.48. The molecule has 3 rings (SSSR count). The van der Waals surface area contributed by atoms with Crippen LogP contribution in [0, 0.1) is 5.92 Å². The van der Waals surface area contributed by atoms with Crippen molar-refractivity contribution in [2.24, 2.45) is 5.92 Å². The third-order valence-corrected chi connectivity index (χ3v) is 9.49. The topological polar surface area (TPSA) is 71.5 Å². The largest absolute Gasteiger partial charge is 0.298 e. The number of piperidine rings is 1. The van der Waals surface area contributed by atoms with Gasteiger partial charge in [0.1, 0.15) is 0 Å². The number of rotatable bonds is 3. The van der Waals surface area contributed by atoms with Crippen LogP contribution in [-0.4, -0.2) is 57.6 Å². The molecule has 2 heterocycles. The predicted octanol–water partition coefficient (Wildman–Crippen LogP) is 2.01. The summed E-state index contributed by atoms with van der Waals surface area (Å²) in [6, 6.07) is 5.50. The van der Waals surface area contributed by atoms with Gasteiger partial charge >= 0.3 is 0 Å². The van der Waals surface area contributed by atoms with Gasteiger partial charge in [-0.3, -0.25) is 4.90 Å². The molecule has 134 valence electrons. The van der Waals surface area contributed by atoms with Crippen LogP contribution in [0.1, 0.15) is 19.8 Å². The Labute approximate surface area is 148 Å². The molecule has 1 aromatic carbocycles. The Kier molecular flexibility index (Phi) is 4.99. The summed E-state index contributed by atoms with van der Waals surface area (Å²) in [5, 5.41) is -0.452. The lowest BCUT2D eigenvalue weighted by Gasteiger charge is -2.36. The lowest BCUT2D eigenvalue weighted by Crippen LogP contribution is -2.49. The van der Waals surface area contributed by atoms with Crippen molar-refractivity contribution >= 4 is 31.3 Å². The van der Waals surface area contributed by atoms with Gasteiger partial charge in [-0.1, -0.05) is 18.5 Å². The van der Waals surface area contributed by atoms with Crippen LogP contribution < -0.4 is 0 Å². The molecule has 1 aromatic rings. The molecule has 0 saturated carbocycles. The Morgan fingerprint density at radius 3 is 2.25 bits per heavy atom. The van der Waals surface area contributed by atoms with E-state index in [0.29, 0.717) is 10.9 Å². The minimum atomic E-state index is -3.72. The molecule has 5 nitrogen and oxygen atoms in total. The second-order valence-electron chi connectivity index (χ2n) is 6.90.